The maximum Gasteiger partial charge on any atom is 0.407 e. The van der Waals surface area contributed by atoms with Crippen LogP contribution in [0.2, 0.25) is 0 Å². The van der Waals surface area contributed by atoms with Crippen LogP contribution in [0.4, 0.5) is 4.79 Å². The smallest absolute Gasteiger partial charge is 0.407 e. The number of esters is 1. The van der Waals surface area contributed by atoms with Crippen LogP contribution in [0.1, 0.15) is 26.2 Å². The van der Waals surface area contributed by atoms with Gasteiger partial charge < -0.3 is 14.8 Å². The Morgan fingerprint density at radius 1 is 1.29 bits per heavy atom. The highest BCUT2D eigenvalue weighted by Gasteiger charge is 2.01. The summed E-state index contributed by atoms with van der Waals surface area (Å²) in [6.07, 6.45) is 1.43. The molecule has 0 atom stereocenters. The third kappa shape index (κ3) is 7.39. The number of ether oxygens (including phenoxy) is 2. The molecular formula is C9H17NO4. The van der Waals surface area contributed by atoms with Gasteiger partial charge in [-0.25, -0.2) is 4.79 Å². The van der Waals surface area contributed by atoms with Gasteiger partial charge in [-0.1, -0.05) is 0 Å². The monoisotopic (exact) mass is 203 g/mol. The van der Waals surface area contributed by atoms with E-state index in [1.165, 1.54) is 7.11 Å². The van der Waals surface area contributed by atoms with Crippen molar-refractivity contribution in [2.45, 2.75) is 26.2 Å². The molecule has 82 valence electrons. The summed E-state index contributed by atoms with van der Waals surface area (Å²) in [6.45, 7) is 2.64. The lowest BCUT2D eigenvalue weighted by Gasteiger charge is -2.04. The van der Waals surface area contributed by atoms with Crippen LogP contribution < -0.4 is 5.32 Å². The predicted molar refractivity (Wildman–Crippen MR) is 50.9 cm³/mol. The molecule has 1 amide bonds. The van der Waals surface area contributed by atoms with Crippen molar-refractivity contribution >= 4 is 12.1 Å². The Morgan fingerprint density at radius 2 is 2.00 bits per heavy atom. The first-order valence-corrected chi connectivity index (χ1v) is 4.68. The molecule has 0 fully saturated rings. The molecule has 0 aliphatic rings. The summed E-state index contributed by atoms with van der Waals surface area (Å²) in [5, 5.41) is 2.56. The average Bonchev–Trinajstić information content (AvgIpc) is 2.17. The van der Waals surface area contributed by atoms with Gasteiger partial charge in [-0.3, -0.25) is 4.79 Å². The normalized spacial score (nSPS) is 9.29. The Labute approximate surface area is 83.8 Å². The van der Waals surface area contributed by atoms with E-state index in [4.69, 9.17) is 0 Å². The van der Waals surface area contributed by atoms with Gasteiger partial charge in [-0.2, -0.15) is 0 Å². The minimum Gasteiger partial charge on any atom is -0.469 e. The van der Waals surface area contributed by atoms with Crippen LogP contribution in [0.5, 0.6) is 0 Å². The lowest BCUT2D eigenvalue weighted by atomic mass is 10.2. The highest BCUT2D eigenvalue weighted by atomic mass is 16.5. The van der Waals surface area contributed by atoms with Crippen molar-refractivity contribution in [3.8, 4) is 0 Å². The quantitative estimate of drug-likeness (QED) is 0.518. The number of amides is 1. The van der Waals surface area contributed by atoms with Gasteiger partial charge in [0.2, 0.25) is 0 Å². The van der Waals surface area contributed by atoms with E-state index in [1.54, 1.807) is 6.92 Å². The molecular weight excluding hydrogens is 186 g/mol. The first kappa shape index (κ1) is 12.7. The maximum absolute atomic E-state index is 10.8. The third-order valence-electron chi connectivity index (χ3n) is 1.58. The number of unbranched alkanes of at least 4 members (excludes halogenated alkanes) is 1. The van der Waals surface area contributed by atoms with Crippen molar-refractivity contribution < 1.29 is 19.1 Å². The van der Waals surface area contributed by atoms with Crippen LogP contribution in [0.25, 0.3) is 0 Å². The molecule has 0 unspecified atom stereocenters. The molecule has 0 bridgehead atoms. The van der Waals surface area contributed by atoms with Gasteiger partial charge in [0.1, 0.15) is 0 Å². The van der Waals surface area contributed by atoms with Crippen LogP contribution in [0, 0.1) is 0 Å². The lowest BCUT2D eigenvalue weighted by molar-refractivity contribution is -0.140. The van der Waals surface area contributed by atoms with Gasteiger partial charge in [0, 0.05) is 13.0 Å². The van der Waals surface area contributed by atoms with Gasteiger partial charge in [-0.05, 0) is 19.8 Å². The van der Waals surface area contributed by atoms with Crippen LogP contribution in [0.15, 0.2) is 0 Å². The minimum absolute atomic E-state index is 0.221. The molecule has 0 rings (SSSR count). The van der Waals surface area contributed by atoms with Gasteiger partial charge >= 0.3 is 12.1 Å². The second kappa shape index (κ2) is 8.34. The average molecular weight is 203 g/mol. The molecule has 14 heavy (non-hydrogen) atoms. The zero-order valence-electron chi connectivity index (χ0n) is 8.67. The van der Waals surface area contributed by atoms with Gasteiger partial charge in [0.25, 0.3) is 0 Å². The van der Waals surface area contributed by atoms with Crippen LogP contribution in [-0.2, 0) is 14.3 Å². The molecule has 0 heterocycles. The fourth-order valence-electron chi connectivity index (χ4n) is 0.869. The van der Waals surface area contributed by atoms with Gasteiger partial charge in [0.15, 0.2) is 0 Å². The van der Waals surface area contributed by atoms with E-state index in [0.717, 1.165) is 6.42 Å². The number of rotatable bonds is 6. The molecule has 1 N–H and O–H groups in total. The molecule has 0 aromatic carbocycles. The summed E-state index contributed by atoms with van der Waals surface area (Å²) < 4.78 is 9.11. The Hall–Kier alpha value is -1.26. The fraction of sp³-hybridized carbons (Fsp3) is 0.778. The van der Waals surface area contributed by atoms with E-state index in [0.29, 0.717) is 26.0 Å². The molecule has 0 saturated heterocycles. The zero-order chi connectivity index (χ0) is 10.8. The highest BCUT2D eigenvalue weighted by Crippen LogP contribution is 1.95. The maximum atomic E-state index is 10.8. The number of hydrogen-bond acceptors (Lipinski definition) is 4. The van der Waals surface area contributed by atoms with Crippen molar-refractivity contribution in [1.29, 1.82) is 0 Å². The highest BCUT2D eigenvalue weighted by molar-refractivity contribution is 5.69. The second-order valence-corrected chi connectivity index (χ2v) is 2.68. The number of nitrogens with one attached hydrogen (secondary N) is 1. The van der Waals surface area contributed by atoms with Crippen LogP contribution in [-0.4, -0.2) is 32.3 Å². The van der Waals surface area contributed by atoms with E-state index in [9.17, 15) is 9.59 Å². The Morgan fingerprint density at radius 3 is 2.57 bits per heavy atom. The number of methoxy groups -OCH3 is 1. The number of alkyl carbamates (subject to hydrolysis) is 1. The first-order valence-electron chi connectivity index (χ1n) is 4.68. The van der Waals surface area contributed by atoms with E-state index in [2.05, 4.69) is 14.8 Å². The van der Waals surface area contributed by atoms with E-state index in [1.807, 2.05) is 0 Å². The number of carbonyl (C=O) groups is 2. The van der Waals surface area contributed by atoms with Crippen LogP contribution in [0.3, 0.4) is 0 Å². The van der Waals surface area contributed by atoms with E-state index < -0.39 is 6.09 Å². The van der Waals surface area contributed by atoms with Crippen molar-refractivity contribution in [1.82, 2.24) is 5.32 Å². The van der Waals surface area contributed by atoms with E-state index in [-0.39, 0.29) is 5.97 Å². The van der Waals surface area contributed by atoms with Crippen LogP contribution >= 0.6 is 0 Å². The third-order valence-corrected chi connectivity index (χ3v) is 1.58. The van der Waals surface area contributed by atoms with Crippen molar-refractivity contribution in [2.24, 2.45) is 0 Å². The van der Waals surface area contributed by atoms with Crippen molar-refractivity contribution in [3.63, 3.8) is 0 Å². The van der Waals surface area contributed by atoms with E-state index >= 15 is 0 Å². The van der Waals surface area contributed by atoms with Crippen molar-refractivity contribution in [2.75, 3.05) is 20.3 Å². The molecule has 5 heteroatoms. The molecule has 0 aliphatic heterocycles. The lowest BCUT2D eigenvalue weighted by Crippen LogP contribution is -2.25. The SMILES string of the molecule is CCOC(=O)NCCCCC(=O)OC. The topological polar surface area (TPSA) is 64.6 Å². The van der Waals surface area contributed by atoms with Gasteiger partial charge in [-0.15, -0.1) is 0 Å². The van der Waals surface area contributed by atoms with Gasteiger partial charge in [0.05, 0.1) is 13.7 Å². The summed E-state index contributed by atoms with van der Waals surface area (Å²) >= 11 is 0. The summed E-state index contributed by atoms with van der Waals surface area (Å²) in [6, 6.07) is 0. The molecule has 0 radical (unpaired) electrons. The fourth-order valence-corrected chi connectivity index (χ4v) is 0.869. The molecule has 0 aromatic rings. The summed E-state index contributed by atoms with van der Waals surface area (Å²) in [5.41, 5.74) is 0. The summed E-state index contributed by atoms with van der Waals surface area (Å²) in [5.74, 6) is -0.221. The second-order valence-electron chi connectivity index (χ2n) is 2.68. The standard InChI is InChI=1S/C9H17NO4/c1-3-14-9(12)10-7-5-4-6-8(11)13-2/h3-7H2,1-2H3,(H,10,12). The summed E-state index contributed by atoms with van der Waals surface area (Å²) in [4.78, 5) is 21.4. The molecule has 0 aliphatic carbocycles. The molecule has 0 spiro atoms. The minimum atomic E-state index is -0.412. The Balaban J connectivity index is 3.21. The Bertz CT molecular complexity index is 182. The van der Waals surface area contributed by atoms with Crippen molar-refractivity contribution in [3.05, 3.63) is 0 Å². The first-order chi connectivity index (χ1) is 6.70. The molecule has 0 aromatic heterocycles. The predicted octanol–water partition coefficient (Wildman–Crippen LogP) is 1.08. The zero-order valence-corrected chi connectivity index (χ0v) is 8.67. The number of carbonyl (C=O) groups excluding carboxylic acids is 2. The largest absolute Gasteiger partial charge is 0.469 e. The molecule has 5 nitrogen and oxygen atoms in total. The Kier molecular flexibility index (Phi) is 7.59. The molecule has 0 saturated carbocycles. The number of hydrogen-bond donors (Lipinski definition) is 1. The summed E-state index contributed by atoms with van der Waals surface area (Å²) in [7, 11) is 1.36.